The predicted octanol–water partition coefficient (Wildman–Crippen LogP) is 0.843. The Labute approximate surface area is 110 Å². The van der Waals surface area contributed by atoms with Crippen molar-refractivity contribution in [1.29, 1.82) is 0 Å². The fraction of sp³-hybridized carbons (Fsp3) is 0.364. The SMILES string of the molecule is Cc1oc(CO)cc1S(=O)(=O)NC(C)c1cn[nH]c1. The standard InChI is InChI=1S/C11H15N3O4S/c1-7(9-4-12-13-5-9)14-19(16,17)11-3-10(6-15)18-8(11)2/h3-5,7,14-15H,6H2,1-2H3,(H,12,13). The van der Waals surface area contributed by atoms with E-state index in [0.717, 1.165) is 5.56 Å². The van der Waals surface area contributed by atoms with Gasteiger partial charge >= 0.3 is 0 Å². The van der Waals surface area contributed by atoms with Gasteiger partial charge < -0.3 is 9.52 Å². The summed E-state index contributed by atoms with van der Waals surface area (Å²) in [6.07, 6.45) is 3.17. The quantitative estimate of drug-likeness (QED) is 0.754. The normalized spacial score (nSPS) is 13.6. The number of aromatic amines is 1. The molecule has 0 fully saturated rings. The van der Waals surface area contributed by atoms with Gasteiger partial charge in [-0.15, -0.1) is 0 Å². The molecule has 0 amide bonds. The van der Waals surface area contributed by atoms with Crippen LogP contribution in [0.1, 0.15) is 30.0 Å². The summed E-state index contributed by atoms with van der Waals surface area (Å²) >= 11 is 0. The number of H-pyrrole nitrogens is 1. The Kier molecular flexibility index (Phi) is 3.74. The summed E-state index contributed by atoms with van der Waals surface area (Å²) in [5.41, 5.74) is 0.729. The van der Waals surface area contributed by atoms with Gasteiger partial charge in [0.1, 0.15) is 23.0 Å². The second-order valence-corrected chi connectivity index (χ2v) is 5.85. The topological polar surface area (TPSA) is 108 Å². The van der Waals surface area contributed by atoms with Crippen molar-refractivity contribution >= 4 is 10.0 Å². The number of furan rings is 1. The van der Waals surface area contributed by atoms with Gasteiger partial charge in [-0.3, -0.25) is 5.10 Å². The Morgan fingerprint density at radius 2 is 2.32 bits per heavy atom. The lowest BCUT2D eigenvalue weighted by atomic mass is 10.2. The first-order valence-corrected chi connectivity index (χ1v) is 7.13. The minimum Gasteiger partial charge on any atom is -0.462 e. The number of aliphatic hydroxyl groups excluding tert-OH is 1. The van der Waals surface area contributed by atoms with Crippen LogP contribution in [0.4, 0.5) is 0 Å². The maximum Gasteiger partial charge on any atom is 0.244 e. The van der Waals surface area contributed by atoms with Gasteiger partial charge in [-0.1, -0.05) is 0 Å². The molecule has 1 atom stereocenters. The lowest BCUT2D eigenvalue weighted by Gasteiger charge is -2.11. The van der Waals surface area contributed by atoms with Crippen LogP contribution in [0.3, 0.4) is 0 Å². The van der Waals surface area contributed by atoms with Gasteiger partial charge in [0, 0.05) is 23.9 Å². The van der Waals surface area contributed by atoms with Gasteiger partial charge in [-0.25, -0.2) is 13.1 Å². The first kappa shape index (κ1) is 13.8. The Morgan fingerprint density at radius 1 is 1.58 bits per heavy atom. The molecule has 0 aliphatic carbocycles. The molecular weight excluding hydrogens is 270 g/mol. The minimum atomic E-state index is -3.70. The van der Waals surface area contributed by atoms with Crippen molar-refractivity contribution in [1.82, 2.24) is 14.9 Å². The van der Waals surface area contributed by atoms with E-state index in [1.807, 2.05) is 0 Å². The maximum absolute atomic E-state index is 12.2. The Hall–Kier alpha value is -1.64. The van der Waals surface area contributed by atoms with Crippen molar-refractivity contribution in [2.75, 3.05) is 0 Å². The number of hydrogen-bond acceptors (Lipinski definition) is 5. The molecule has 0 saturated carbocycles. The highest BCUT2D eigenvalue weighted by molar-refractivity contribution is 7.89. The number of nitrogens with zero attached hydrogens (tertiary/aromatic N) is 1. The molecule has 2 rings (SSSR count). The number of hydrogen-bond donors (Lipinski definition) is 3. The van der Waals surface area contributed by atoms with Gasteiger partial charge in [0.05, 0.1) is 6.20 Å². The molecule has 0 bridgehead atoms. The number of sulfonamides is 1. The third-order valence-corrected chi connectivity index (χ3v) is 4.37. The Bertz CT molecular complexity index is 646. The zero-order chi connectivity index (χ0) is 14.0. The van der Waals surface area contributed by atoms with Crippen LogP contribution in [0, 0.1) is 6.92 Å². The van der Waals surface area contributed by atoms with Gasteiger partial charge in [0.25, 0.3) is 0 Å². The largest absolute Gasteiger partial charge is 0.462 e. The Morgan fingerprint density at radius 3 is 2.84 bits per heavy atom. The van der Waals surface area contributed by atoms with E-state index >= 15 is 0 Å². The van der Waals surface area contributed by atoms with Gasteiger partial charge in [0.2, 0.25) is 10.0 Å². The predicted molar refractivity (Wildman–Crippen MR) is 66.7 cm³/mol. The van der Waals surface area contributed by atoms with E-state index in [9.17, 15) is 8.42 Å². The molecule has 0 radical (unpaired) electrons. The monoisotopic (exact) mass is 285 g/mol. The van der Waals surface area contributed by atoms with Crippen molar-refractivity contribution in [2.24, 2.45) is 0 Å². The highest BCUT2D eigenvalue weighted by Crippen LogP contribution is 2.22. The van der Waals surface area contributed by atoms with Crippen molar-refractivity contribution in [3.8, 4) is 0 Å². The number of aromatic nitrogens is 2. The summed E-state index contributed by atoms with van der Waals surface area (Å²) in [6.45, 7) is 2.91. The molecule has 2 aromatic heterocycles. The van der Waals surface area contributed by atoms with Crippen LogP contribution in [0.2, 0.25) is 0 Å². The number of nitrogens with one attached hydrogen (secondary N) is 2. The van der Waals surface area contributed by atoms with Crippen LogP contribution in [0.5, 0.6) is 0 Å². The highest BCUT2D eigenvalue weighted by Gasteiger charge is 2.24. The van der Waals surface area contributed by atoms with E-state index in [-0.39, 0.29) is 23.0 Å². The molecule has 3 N–H and O–H groups in total. The molecule has 8 heteroatoms. The molecule has 0 aliphatic rings. The fourth-order valence-corrected chi connectivity index (χ4v) is 3.17. The second kappa shape index (κ2) is 5.16. The molecule has 1 unspecified atom stereocenters. The van der Waals surface area contributed by atoms with Gasteiger partial charge in [-0.2, -0.15) is 5.10 Å². The number of aliphatic hydroxyl groups is 1. The summed E-state index contributed by atoms with van der Waals surface area (Å²) in [7, 11) is -3.70. The Balaban J connectivity index is 2.25. The average molecular weight is 285 g/mol. The van der Waals surface area contributed by atoms with Crippen molar-refractivity contribution < 1.29 is 17.9 Å². The molecule has 0 aromatic carbocycles. The third-order valence-electron chi connectivity index (χ3n) is 2.72. The number of rotatable bonds is 5. The van der Waals surface area contributed by atoms with E-state index < -0.39 is 16.1 Å². The van der Waals surface area contributed by atoms with Crippen LogP contribution in [-0.2, 0) is 16.6 Å². The van der Waals surface area contributed by atoms with E-state index in [0.29, 0.717) is 0 Å². The van der Waals surface area contributed by atoms with Crippen LogP contribution in [0.25, 0.3) is 0 Å². The van der Waals surface area contributed by atoms with Crippen molar-refractivity contribution in [2.45, 2.75) is 31.4 Å². The highest BCUT2D eigenvalue weighted by atomic mass is 32.2. The molecule has 2 heterocycles. The number of aryl methyl sites for hydroxylation is 1. The fourth-order valence-electron chi connectivity index (χ4n) is 1.73. The van der Waals surface area contributed by atoms with Crippen LogP contribution in [0.15, 0.2) is 27.8 Å². The molecule has 0 aliphatic heterocycles. The van der Waals surface area contributed by atoms with Gasteiger partial charge in [-0.05, 0) is 13.8 Å². The molecule has 2 aromatic rings. The molecule has 0 spiro atoms. The van der Waals surface area contributed by atoms with Crippen molar-refractivity contribution in [3.05, 3.63) is 35.5 Å². The molecule has 19 heavy (non-hydrogen) atoms. The van der Waals surface area contributed by atoms with Crippen LogP contribution < -0.4 is 4.72 Å². The van der Waals surface area contributed by atoms with Gasteiger partial charge in [0.15, 0.2) is 0 Å². The maximum atomic E-state index is 12.2. The lowest BCUT2D eigenvalue weighted by molar-refractivity contribution is 0.244. The van der Waals surface area contributed by atoms with E-state index in [1.165, 1.54) is 13.0 Å². The molecule has 0 saturated heterocycles. The first-order valence-electron chi connectivity index (χ1n) is 5.65. The summed E-state index contributed by atoms with van der Waals surface area (Å²) in [5, 5.41) is 15.3. The minimum absolute atomic E-state index is 0.0342. The van der Waals surface area contributed by atoms with E-state index in [4.69, 9.17) is 9.52 Å². The summed E-state index contributed by atoms with van der Waals surface area (Å²) in [4.78, 5) is 0.0342. The average Bonchev–Trinajstić information content (AvgIpc) is 2.96. The molecular formula is C11H15N3O4S. The zero-order valence-corrected chi connectivity index (χ0v) is 11.4. The summed E-state index contributed by atoms with van der Waals surface area (Å²) < 4.78 is 32.1. The first-order chi connectivity index (χ1) is 8.94. The summed E-state index contributed by atoms with van der Waals surface area (Å²) in [6, 6.07) is 0.898. The van der Waals surface area contributed by atoms with Crippen LogP contribution in [-0.4, -0.2) is 23.7 Å². The van der Waals surface area contributed by atoms with Crippen molar-refractivity contribution in [3.63, 3.8) is 0 Å². The molecule has 104 valence electrons. The summed E-state index contributed by atoms with van der Waals surface area (Å²) in [5.74, 6) is 0.463. The second-order valence-electron chi connectivity index (χ2n) is 4.17. The smallest absolute Gasteiger partial charge is 0.244 e. The van der Waals surface area contributed by atoms with E-state index in [1.54, 1.807) is 19.3 Å². The zero-order valence-electron chi connectivity index (χ0n) is 10.5. The van der Waals surface area contributed by atoms with Crippen LogP contribution >= 0.6 is 0 Å². The van der Waals surface area contributed by atoms with E-state index in [2.05, 4.69) is 14.9 Å². The molecule has 7 nitrogen and oxygen atoms in total. The lowest BCUT2D eigenvalue weighted by Crippen LogP contribution is -2.26. The third kappa shape index (κ3) is 2.86.